The number of carbonyl (C=O) groups is 1. The molecular weight excluding hydrogens is 363 g/mol. The summed E-state index contributed by atoms with van der Waals surface area (Å²) >= 11 is 10.7. The molecule has 0 fully saturated rings. The summed E-state index contributed by atoms with van der Waals surface area (Å²) in [5.41, 5.74) is 0.662. The van der Waals surface area contributed by atoms with Crippen LogP contribution >= 0.6 is 39.3 Å². The number of Topliss-reactive ketones (excluding diaryl/α,β-unsaturated/α-hetero) is 1. The Morgan fingerprint density at radius 1 is 1.25 bits per heavy atom. The lowest BCUT2D eigenvalue weighted by Gasteiger charge is -2.05. The number of rotatable bonds is 5. The zero-order chi connectivity index (χ0) is 14.5. The van der Waals surface area contributed by atoms with E-state index in [1.54, 1.807) is 12.1 Å². The van der Waals surface area contributed by atoms with Crippen LogP contribution in [-0.4, -0.2) is 11.5 Å². The molecule has 0 aromatic heterocycles. The van der Waals surface area contributed by atoms with E-state index in [4.69, 9.17) is 11.6 Å². The minimum absolute atomic E-state index is 0.0289. The van der Waals surface area contributed by atoms with Crippen LogP contribution in [0.1, 0.15) is 5.56 Å². The highest BCUT2D eigenvalue weighted by molar-refractivity contribution is 9.10. The zero-order valence-corrected chi connectivity index (χ0v) is 13.6. The minimum atomic E-state index is -0.338. The molecule has 0 aliphatic rings. The molecule has 0 radical (unpaired) electrons. The summed E-state index contributed by atoms with van der Waals surface area (Å²) in [7, 11) is 0. The molecule has 2 rings (SSSR count). The first-order valence-corrected chi connectivity index (χ1v) is 8.05. The quantitative estimate of drug-likeness (QED) is 0.675. The van der Waals surface area contributed by atoms with Crippen LogP contribution in [0.4, 0.5) is 4.39 Å². The molecule has 5 heteroatoms. The molecule has 0 aliphatic heterocycles. The van der Waals surface area contributed by atoms with Gasteiger partial charge in [-0.2, -0.15) is 0 Å². The summed E-state index contributed by atoms with van der Waals surface area (Å²) in [5, 5.41) is 0.636. The Kier molecular flexibility index (Phi) is 5.64. The fraction of sp³-hybridized carbons (Fsp3) is 0.133. The van der Waals surface area contributed by atoms with Crippen LogP contribution in [0.3, 0.4) is 0 Å². The van der Waals surface area contributed by atoms with Gasteiger partial charge in [0.05, 0.1) is 10.8 Å². The van der Waals surface area contributed by atoms with Crippen LogP contribution < -0.4 is 0 Å². The second-order valence-electron chi connectivity index (χ2n) is 4.17. The lowest BCUT2D eigenvalue weighted by Crippen LogP contribution is -2.06. The van der Waals surface area contributed by atoms with Crippen molar-refractivity contribution < 1.29 is 9.18 Å². The number of hydrogen-bond acceptors (Lipinski definition) is 2. The van der Waals surface area contributed by atoms with E-state index >= 15 is 0 Å². The molecule has 104 valence electrons. The Labute approximate surface area is 134 Å². The number of hydrogen-bond donors (Lipinski definition) is 0. The number of ketones is 1. The molecular formula is C15H11BrClFOS. The topological polar surface area (TPSA) is 17.1 Å². The van der Waals surface area contributed by atoms with Crippen molar-refractivity contribution in [1.29, 1.82) is 0 Å². The highest BCUT2D eigenvalue weighted by atomic mass is 79.9. The largest absolute Gasteiger partial charge is 0.298 e. The first-order valence-electron chi connectivity index (χ1n) is 5.89. The van der Waals surface area contributed by atoms with Gasteiger partial charge in [-0.05, 0) is 35.9 Å². The first-order chi connectivity index (χ1) is 9.56. The van der Waals surface area contributed by atoms with Crippen LogP contribution in [0, 0.1) is 5.82 Å². The third kappa shape index (κ3) is 4.33. The Balaban J connectivity index is 1.96. The van der Waals surface area contributed by atoms with E-state index in [0.717, 1.165) is 9.37 Å². The van der Waals surface area contributed by atoms with Crippen molar-refractivity contribution >= 4 is 45.1 Å². The average Bonchev–Trinajstić information content (AvgIpc) is 2.42. The number of halogens is 3. The molecule has 2 aromatic carbocycles. The van der Waals surface area contributed by atoms with Crippen molar-refractivity contribution in [2.75, 3.05) is 5.75 Å². The van der Waals surface area contributed by atoms with E-state index < -0.39 is 0 Å². The molecule has 0 unspecified atom stereocenters. The minimum Gasteiger partial charge on any atom is -0.298 e. The Hall–Kier alpha value is -0.840. The first kappa shape index (κ1) is 15.5. The van der Waals surface area contributed by atoms with Crippen LogP contribution in [-0.2, 0) is 11.2 Å². The normalized spacial score (nSPS) is 10.6. The van der Waals surface area contributed by atoms with Gasteiger partial charge in [0.1, 0.15) is 11.6 Å². The van der Waals surface area contributed by atoms with Gasteiger partial charge in [0, 0.05) is 15.8 Å². The number of carbonyl (C=O) groups excluding carboxylic acids is 1. The maximum absolute atomic E-state index is 13.1. The molecule has 0 bridgehead atoms. The van der Waals surface area contributed by atoms with Crippen LogP contribution in [0.25, 0.3) is 0 Å². The molecule has 0 N–H and O–H groups in total. The molecule has 0 amide bonds. The van der Waals surface area contributed by atoms with E-state index in [2.05, 4.69) is 15.9 Å². The third-order valence-corrected chi connectivity index (χ3v) is 4.97. The van der Waals surface area contributed by atoms with Crippen molar-refractivity contribution in [3.05, 3.63) is 63.3 Å². The Morgan fingerprint density at radius 2 is 2.00 bits per heavy atom. The maximum atomic E-state index is 13.1. The van der Waals surface area contributed by atoms with Crippen molar-refractivity contribution in [2.45, 2.75) is 11.3 Å². The highest BCUT2D eigenvalue weighted by Crippen LogP contribution is 2.27. The van der Waals surface area contributed by atoms with E-state index in [0.29, 0.717) is 16.3 Å². The van der Waals surface area contributed by atoms with Crippen molar-refractivity contribution in [1.82, 2.24) is 0 Å². The van der Waals surface area contributed by atoms with Gasteiger partial charge in [-0.15, -0.1) is 11.8 Å². The molecule has 0 saturated carbocycles. The van der Waals surface area contributed by atoms with Gasteiger partial charge in [-0.3, -0.25) is 4.79 Å². The van der Waals surface area contributed by atoms with Gasteiger partial charge in [-0.25, -0.2) is 4.39 Å². The van der Waals surface area contributed by atoms with Gasteiger partial charge in [0.2, 0.25) is 0 Å². The predicted molar refractivity (Wildman–Crippen MR) is 85.0 cm³/mol. The van der Waals surface area contributed by atoms with Crippen LogP contribution in [0.2, 0.25) is 5.02 Å². The highest BCUT2D eigenvalue weighted by Gasteiger charge is 2.10. The number of benzene rings is 2. The van der Waals surface area contributed by atoms with Gasteiger partial charge < -0.3 is 0 Å². The summed E-state index contributed by atoms with van der Waals surface area (Å²) in [5.74, 6) is 0.00291. The average molecular weight is 374 g/mol. The monoisotopic (exact) mass is 372 g/mol. The molecule has 0 atom stereocenters. The summed E-state index contributed by atoms with van der Waals surface area (Å²) in [6.45, 7) is 0. The second kappa shape index (κ2) is 7.25. The number of thioether (sulfide) groups is 1. The molecule has 2 aromatic rings. The molecule has 0 heterocycles. The lowest BCUT2D eigenvalue weighted by molar-refractivity contribution is -0.116. The SMILES string of the molecule is O=C(CSc1ccccc1Cl)Cc1cc(F)ccc1Br. The van der Waals surface area contributed by atoms with Gasteiger partial charge in [-0.1, -0.05) is 39.7 Å². The molecule has 0 spiro atoms. The second-order valence-corrected chi connectivity index (χ2v) is 6.45. The molecule has 1 nitrogen and oxygen atoms in total. The van der Waals surface area contributed by atoms with E-state index in [9.17, 15) is 9.18 Å². The zero-order valence-electron chi connectivity index (χ0n) is 10.4. The molecule has 20 heavy (non-hydrogen) atoms. The molecule has 0 aliphatic carbocycles. The third-order valence-electron chi connectivity index (χ3n) is 2.62. The maximum Gasteiger partial charge on any atom is 0.147 e. The van der Waals surface area contributed by atoms with Crippen LogP contribution in [0.15, 0.2) is 51.8 Å². The summed E-state index contributed by atoms with van der Waals surface area (Å²) in [6.07, 6.45) is 0.204. The van der Waals surface area contributed by atoms with E-state index in [1.165, 1.54) is 23.9 Å². The molecule has 0 saturated heterocycles. The summed E-state index contributed by atoms with van der Waals surface area (Å²) in [6, 6.07) is 11.7. The van der Waals surface area contributed by atoms with E-state index in [-0.39, 0.29) is 18.0 Å². The van der Waals surface area contributed by atoms with Crippen molar-refractivity contribution in [3.8, 4) is 0 Å². The smallest absolute Gasteiger partial charge is 0.147 e. The fourth-order valence-electron chi connectivity index (χ4n) is 1.66. The van der Waals surface area contributed by atoms with Gasteiger partial charge in [0.25, 0.3) is 0 Å². The lowest BCUT2D eigenvalue weighted by atomic mass is 10.1. The van der Waals surface area contributed by atoms with Gasteiger partial charge >= 0.3 is 0 Å². The Morgan fingerprint density at radius 3 is 2.75 bits per heavy atom. The summed E-state index contributed by atoms with van der Waals surface area (Å²) < 4.78 is 13.9. The predicted octanol–water partition coefficient (Wildman–Crippen LogP) is 5.15. The fourth-order valence-corrected chi connectivity index (χ4v) is 3.15. The standard InChI is InChI=1S/C15H11BrClFOS/c16-13-6-5-11(18)7-10(13)8-12(19)9-20-15-4-2-1-3-14(15)17/h1-7H,8-9H2. The van der Waals surface area contributed by atoms with Gasteiger partial charge in [0.15, 0.2) is 0 Å². The Bertz CT molecular complexity index is 633. The van der Waals surface area contributed by atoms with Crippen LogP contribution in [0.5, 0.6) is 0 Å². The van der Waals surface area contributed by atoms with Crippen molar-refractivity contribution in [3.63, 3.8) is 0 Å². The van der Waals surface area contributed by atoms with Crippen molar-refractivity contribution in [2.24, 2.45) is 0 Å². The summed E-state index contributed by atoms with van der Waals surface area (Å²) in [4.78, 5) is 12.8. The van der Waals surface area contributed by atoms with E-state index in [1.807, 2.05) is 18.2 Å².